The van der Waals surface area contributed by atoms with E-state index in [9.17, 15) is 5.11 Å². The van der Waals surface area contributed by atoms with E-state index in [0.29, 0.717) is 0 Å². The van der Waals surface area contributed by atoms with Crippen LogP contribution in [-0.2, 0) is 4.84 Å². The lowest BCUT2D eigenvalue weighted by Crippen LogP contribution is -2.33. The fourth-order valence-electron chi connectivity index (χ4n) is 1.58. The second kappa shape index (κ2) is 3.32. The molecule has 0 aromatic heterocycles. The number of oxime groups is 1. The number of fused-ring (bicyclic) bond motifs is 1. The number of hydrogen-bond donors (Lipinski definition) is 2. The Hall–Kier alpha value is -1.13. The molecule has 0 bridgehead atoms. The van der Waals surface area contributed by atoms with E-state index in [1.807, 2.05) is 18.2 Å². The van der Waals surface area contributed by atoms with Gasteiger partial charge in [-0.05, 0) is 0 Å². The lowest BCUT2D eigenvalue weighted by Gasteiger charge is -2.23. The van der Waals surface area contributed by atoms with Gasteiger partial charge in [-0.25, -0.2) is 0 Å². The summed E-state index contributed by atoms with van der Waals surface area (Å²) >= 11 is 0. The van der Waals surface area contributed by atoms with Gasteiger partial charge in [0.15, 0.2) is 6.10 Å². The molecule has 2 aliphatic rings. The minimum Gasteiger partial charge on any atom is -0.387 e. The van der Waals surface area contributed by atoms with Crippen LogP contribution in [0.1, 0.15) is 0 Å². The molecule has 0 spiro atoms. The van der Waals surface area contributed by atoms with Crippen molar-refractivity contribution in [3.63, 3.8) is 0 Å². The minimum absolute atomic E-state index is 0.149. The fraction of sp³-hybridized carbons (Fsp3) is 0.444. The van der Waals surface area contributed by atoms with E-state index in [1.54, 1.807) is 6.21 Å². The summed E-state index contributed by atoms with van der Waals surface area (Å²) in [6.45, 7) is 0.215. The van der Waals surface area contributed by atoms with Gasteiger partial charge in [0.05, 0.1) is 18.2 Å². The summed E-state index contributed by atoms with van der Waals surface area (Å²) in [4.78, 5) is 5.13. The van der Waals surface area contributed by atoms with E-state index < -0.39 is 6.10 Å². The molecule has 2 rings (SSSR count). The van der Waals surface area contributed by atoms with E-state index in [0.717, 1.165) is 5.57 Å². The molecule has 3 unspecified atom stereocenters. The highest BCUT2D eigenvalue weighted by atomic mass is 16.6. The summed E-state index contributed by atoms with van der Waals surface area (Å²) in [5.74, 6) is 0.154. The molecule has 0 saturated carbocycles. The zero-order chi connectivity index (χ0) is 9.26. The molecule has 3 N–H and O–H groups in total. The molecular formula is C9H12N2O2. The molecule has 0 saturated heterocycles. The van der Waals surface area contributed by atoms with Crippen molar-refractivity contribution >= 4 is 6.21 Å². The van der Waals surface area contributed by atoms with E-state index in [2.05, 4.69) is 5.16 Å². The van der Waals surface area contributed by atoms with Gasteiger partial charge in [0, 0.05) is 12.1 Å². The number of rotatable bonds is 2. The lowest BCUT2D eigenvalue weighted by molar-refractivity contribution is 0.0730. The normalized spacial score (nSPS) is 32.3. The SMILES string of the molecule is NCC(O)C1=CC=CC2C=NOC12. The van der Waals surface area contributed by atoms with Gasteiger partial charge < -0.3 is 15.7 Å². The maximum atomic E-state index is 9.57. The highest BCUT2D eigenvalue weighted by Gasteiger charge is 2.32. The zero-order valence-corrected chi connectivity index (χ0v) is 7.13. The molecule has 4 nitrogen and oxygen atoms in total. The van der Waals surface area contributed by atoms with Crippen molar-refractivity contribution in [1.29, 1.82) is 0 Å². The maximum absolute atomic E-state index is 9.57. The second-order valence-electron chi connectivity index (χ2n) is 3.16. The summed E-state index contributed by atoms with van der Waals surface area (Å²) in [5, 5.41) is 13.3. The predicted molar refractivity (Wildman–Crippen MR) is 49.1 cm³/mol. The Morgan fingerprint density at radius 1 is 1.69 bits per heavy atom. The van der Waals surface area contributed by atoms with Crippen LogP contribution in [0, 0.1) is 5.92 Å². The molecule has 0 radical (unpaired) electrons. The van der Waals surface area contributed by atoms with Crippen molar-refractivity contribution < 1.29 is 9.94 Å². The van der Waals surface area contributed by atoms with Gasteiger partial charge in [0.1, 0.15) is 0 Å². The van der Waals surface area contributed by atoms with Gasteiger partial charge in [0.25, 0.3) is 0 Å². The fourth-order valence-corrected chi connectivity index (χ4v) is 1.58. The van der Waals surface area contributed by atoms with Gasteiger partial charge in [-0.15, -0.1) is 0 Å². The third-order valence-electron chi connectivity index (χ3n) is 2.32. The zero-order valence-electron chi connectivity index (χ0n) is 7.13. The Kier molecular flexibility index (Phi) is 2.16. The van der Waals surface area contributed by atoms with Crippen LogP contribution >= 0.6 is 0 Å². The number of allylic oxidation sites excluding steroid dienone is 2. The third kappa shape index (κ3) is 1.38. The van der Waals surface area contributed by atoms with Gasteiger partial charge in [-0.1, -0.05) is 23.4 Å². The summed E-state index contributed by atoms with van der Waals surface area (Å²) in [6.07, 6.45) is 6.69. The smallest absolute Gasteiger partial charge is 0.162 e. The molecule has 1 aliphatic heterocycles. The first-order chi connectivity index (χ1) is 6.33. The van der Waals surface area contributed by atoms with Crippen molar-refractivity contribution in [1.82, 2.24) is 0 Å². The van der Waals surface area contributed by atoms with Crippen LogP contribution in [0.25, 0.3) is 0 Å². The van der Waals surface area contributed by atoms with E-state index in [4.69, 9.17) is 10.6 Å². The Bertz CT molecular complexity index is 283. The van der Waals surface area contributed by atoms with Crippen molar-refractivity contribution in [2.75, 3.05) is 6.54 Å². The maximum Gasteiger partial charge on any atom is 0.162 e. The molecule has 4 heteroatoms. The molecule has 3 atom stereocenters. The minimum atomic E-state index is -0.626. The van der Waals surface area contributed by atoms with Crippen LogP contribution < -0.4 is 5.73 Å². The number of hydrogen-bond acceptors (Lipinski definition) is 4. The molecule has 0 aromatic rings. The molecular weight excluding hydrogens is 168 g/mol. The van der Waals surface area contributed by atoms with Gasteiger partial charge in [-0.3, -0.25) is 0 Å². The summed E-state index contributed by atoms with van der Waals surface area (Å²) < 4.78 is 0. The van der Waals surface area contributed by atoms with Gasteiger partial charge >= 0.3 is 0 Å². The molecule has 70 valence electrons. The summed E-state index contributed by atoms with van der Waals surface area (Å²) in [5.41, 5.74) is 6.19. The third-order valence-corrected chi connectivity index (χ3v) is 2.32. The Morgan fingerprint density at radius 3 is 3.31 bits per heavy atom. The van der Waals surface area contributed by atoms with Crippen LogP contribution in [0.5, 0.6) is 0 Å². The Morgan fingerprint density at radius 2 is 2.54 bits per heavy atom. The number of nitrogens with zero attached hydrogens (tertiary/aromatic N) is 1. The highest BCUT2D eigenvalue weighted by Crippen LogP contribution is 2.27. The average molecular weight is 180 g/mol. The Balaban J connectivity index is 2.19. The molecule has 0 amide bonds. The standard InChI is InChI=1S/C9H12N2O2/c10-4-8(12)7-3-1-2-6-5-11-13-9(6)7/h1-3,5-6,8-9,12H,4,10H2. The number of aliphatic hydroxyl groups is 1. The number of aliphatic hydroxyl groups excluding tert-OH is 1. The van der Waals surface area contributed by atoms with E-state index in [1.165, 1.54) is 0 Å². The highest BCUT2D eigenvalue weighted by molar-refractivity contribution is 5.67. The van der Waals surface area contributed by atoms with Crippen LogP contribution in [0.3, 0.4) is 0 Å². The topological polar surface area (TPSA) is 67.8 Å². The Labute approximate surface area is 76.4 Å². The molecule has 13 heavy (non-hydrogen) atoms. The van der Waals surface area contributed by atoms with E-state index >= 15 is 0 Å². The predicted octanol–water partition coefficient (Wildman–Crippen LogP) is -0.197. The first kappa shape index (κ1) is 8.47. The first-order valence-corrected chi connectivity index (χ1v) is 4.28. The largest absolute Gasteiger partial charge is 0.387 e. The average Bonchev–Trinajstić information content (AvgIpc) is 2.63. The first-order valence-electron chi connectivity index (χ1n) is 4.28. The monoisotopic (exact) mass is 180 g/mol. The van der Waals surface area contributed by atoms with Crippen molar-refractivity contribution in [3.05, 3.63) is 23.8 Å². The molecule has 1 aliphatic carbocycles. The lowest BCUT2D eigenvalue weighted by atomic mass is 9.89. The van der Waals surface area contributed by atoms with Crippen LogP contribution in [-0.4, -0.2) is 30.1 Å². The quantitative estimate of drug-likeness (QED) is 0.618. The molecule has 0 fully saturated rings. The van der Waals surface area contributed by atoms with Crippen LogP contribution in [0.4, 0.5) is 0 Å². The van der Waals surface area contributed by atoms with Gasteiger partial charge in [0.2, 0.25) is 0 Å². The molecule has 0 aromatic carbocycles. The summed E-state index contributed by atoms with van der Waals surface area (Å²) in [7, 11) is 0. The van der Waals surface area contributed by atoms with Crippen molar-refractivity contribution in [2.45, 2.75) is 12.2 Å². The van der Waals surface area contributed by atoms with Crippen LogP contribution in [0.15, 0.2) is 29.0 Å². The summed E-state index contributed by atoms with van der Waals surface area (Å²) in [6, 6.07) is 0. The van der Waals surface area contributed by atoms with E-state index in [-0.39, 0.29) is 18.6 Å². The van der Waals surface area contributed by atoms with Crippen LogP contribution in [0.2, 0.25) is 0 Å². The second-order valence-corrected chi connectivity index (χ2v) is 3.16. The van der Waals surface area contributed by atoms with Gasteiger partial charge in [-0.2, -0.15) is 0 Å². The van der Waals surface area contributed by atoms with Crippen molar-refractivity contribution in [2.24, 2.45) is 16.8 Å². The number of nitrogens with two attached hydrogens (primary N) is 1. The molecule has 1 heterocycles. The van der Waals surface area contributed by atoms with Crippen molar-refractivity contribution in [3.8, 4) is 0 Å².